The lowest BCUT2D eigenvalue weighted by molar-refractivity contribution is -0.384. The normalized spacial score (nSPS) is 25.5. The second-order valence-corrected chi connectivity index (χ2v) is 10.9. The number of nitrogens with zero attached hydrogens (tertiary/aromatic N) is 2. The summed E-state index contributed by atoms with van der Waals surface area (Å²) in [5.41, 5.74) is 4.08. The molecule has 10 heteroatoms. The van der Waals surface area contributed by atoms with E-state index in [2.05, 4.69) is 15.2 Å². The first-order valence-electron chi connectivity index (χ1n) is 11.1. The van der Waals surface area contributed by atoms with Crippen LogP contribution in [0.25, 0.3) is 0 Å². The van der Waals surface area contributed by atoms with E-state index in [1.165, 1.54) is 25.7 Å². The summed E-state index contributed by atoms with van der Waals surface area (Å²) in [6.07, 6.45) is 5.95. The van der Waals surface area contributed by atoms with Crippen LogP contribution in [0, 0.1) is 33.8 Å². The van der Waals surface area contributed by atoms with Gasteiger partial charge in [-0.3, -0.25) is 20.3 Å². The maximum absolute atomic E-state index is 12.9. The fraction of sp³-hybridized carbons (Fsp3) is 0.435. The van der Waals surface area contributed by atoms with Gasteiger partial charge >= 0.3 is 0 Å². The average Bonchev–Trinajstić information content (AvgIpc) is 2.78. The highest BCUT2D eigenvalue weighted by molar-refractivity contribution is 7.92. The highest BCUT2D eigenvalue weighted by Gasteiger charge is 2.46. The summed E-state index contributed by atoms with van der Waals surface area (Å²) in [4.78, 5) is 10.9. The molecule has 9 nitrogen and oxygen atoms in total. The monoisotopic (exact) mass is 470 g/mol. The van der Waals surface area contributed by atoms with Gasteiger partial charge in [-0.25, -0.2) is 8.42 Å². The Labute approximate surface area is 192 Å². The number of hydrogen-bond acceptors (Lipinski definition) is 7. The molecule has 4 fully saturated rings. The van der Waals surface area contributed by atoms with Crippen molar-refractivity contribution >= 4 is 32.8 Å². The topological polar surface area (TPSA) is 123 Å². The molecule has 2 N–H and O–H groups in total. The quantitative estimate of drug-likeness (QED) is 0.449. The third-order valence-electron chi connectivity index (χ3n) is 7.11. The van der Waals surface area contributed by atoms with Gasteiger partial charge in [0.15, 0.2) is 0 Å². The van der Waals surface area contributed by atoms with Crippen molar-refractivity contribution in [3.63, 3.8) is 0 Å². The predicted molar refractivity (Wildman–Crippen MR) is 125 cm³/mol. The van der Waals surface area contributed by atoms with Crippen molar-refractivity contribution in [1.29, 1.82) is 0 Å². The summed E-state index contributed by atoms with van der Waals surface area (Å²) in [5.74, 6) is 2.84. The first kappa shape index (κ1) is 21.7. The number of nitro groups is 1. The Morgan fingerprint density at radius 3 is 2.30 bits per heavy atom. The Morgan fingerprint density at radius 2 is 1.67 bits per heavy atom. The van der Waals surface area contributed by atoms with Gasteiger partial charge in [-0.05, 0) is 80.0 Å². The van der Waals surface area contributed by atoms with Crippen molar-refractivity contribution in [1.82, 2.24) is 0 Å². The van der Waals surface area contributed by atoms with E-state index in [4.69, 9.17) is 4.74 Å². The van der Waals surface area contributed by atoms with Gasteiger partial charge in [-0.15, -0.1) is 0 Å². The molecule has 2 aromatic carbocycles. The van der Waals surface area contributed by atoms with Gasteiger partial charge in [0.1, 0.15) is 11.4 Å². The van der Waals surface area contributed by atoms with Gasteiger partial charge in [0, 0.05) is 11.8 Å². The second-order valence-electron chi connectivity index (χ2n) is 9.19. The summed E-state index contributed by atoms with van der Waals surface area (Å²) < 4.78 is 33.4. The molecule has 2 aromatic rings. The third kappa shape index (κ3) is 4.15. The van der Waals surface area contributed by atoms with Crippen LogP contribution >= 0.6 is 0 Å². The van der Waals surface area contributed by atoms with Gasteiger partial charge in [-0.1, -0.05) is 12.1 Å². The van der Waals surface area contributed by atoms with E-state index in [1.54, 1.807) is 24.3 Å². The van der Waals surface area contributed by atoms with E-state index in [9.17, 15) is 18.5 Å². The molecule has 0 aliphatic heterocycles. The van der Waals surface area contributed by atoms with Crippen LogP contribution in [0.15, 0.2) is 52.5 Å². The van der Waals surface area contributed by atoms with Gasteiger partial charge < -0.3 is 4.74 Å². The van der Waals surface area contributed by atoms with Crippen LogP contribution in [0.1, 0.15) is 32.1 Å². The highest BCUT2D eigenvalue weighted by atomic mass is 32.2. The van der Waals surface area contributed by atoms with Crippen LogP contribution in [-0.2, 0) is 10.0 Å². The largest absolute Gasteiger partial charge is 0.495 e. The summed E-state index contributed by atoms with van der Waals surface area (Å²) in [5, 5.41) is 16.3. The lowest BCUT2D eigenvalue weighted by Crippen LogP contribution is -2.45. The fourth-order valence-corrected chi connectivity index (χ4v) is 6.92. The number of methoxy groups -OCH3 is 1. The molecule has 0 radical (unpaired) electrons. The number of nitro benzene ring substituents is 1. The zero-order chi connectivity index (χ0) is 23.2. The van der Waals surface area contributed by atoms with Crippen molar-refractivity contribution in [2.45, 2.75) is 37.0 Å². The molecular formula is C23H26N4O5S. The number of ether oxygens (including phenoxy) is 1. The van der Waals surface area contributed by atoms with E-state index >= 15 is 0 Å². The molecule has 33 heavy (non-hydrogen) atoms. The molecule has 6 rings (SSSR count). The number of nitrogens with one attached hydrogen (secondary N) is 2. The molecule has 0 heterocycles. The number of hydrazone groups is 1. The van der Waals surface area contributed by atoms with E-state index in [0.29, 0.717) is 17.6 Å². The number of sulfonamides is 1. The van der Waals surface area contributed by atoms with Crippen LogP contribution < -0.4 is 14.9 Å². The minimum absolute atomic E-state index is 0.178. The van der Waals surface area contributed by atoms with E-state index < -0.39 is 14.9 Å². The smallest absolute Gasteiger partial charge is 0.295 e. The number of para-hydroxylation sites is 2. The number of hydrogen-bond donors (Lipinski definition) is 2. The SMILES string of the molecule is COc1ccccc1NS(=O)(=O)c1ccc(NN=C2C3CC4CC(C3)CC2C4)c([N+](=O)[O-])c1. The van der Waals surface area contributed by atoms with Crippen molar-refractivity contribution in [3.05, 3.63) is 52.6 Å². The van der Waals surface area contributed by atoms with Crippen molar-refractivity contribution in [2.24, 2.45) is 28.8 Å². The molecule has 0 saturated heterocycles. The maximum Gasteiger partial charge on any atom is 0.295 e. The first-order valence-corrected chi connectivity index (χ1v) is 12.6. The van der Waals surface area contributed by atoms with Crippen LogP contribution in [0.5, 0.6) is 5.75 Å². The minimum atomic E-state index is -4.07. The molecule has 0 spiro atoms. The Balaban J connectivity index is 1.40. The Hall–Kier alpha value is -3.14. The van der Waals surface area contributed by atoms with Crippen LogP contribution in [0.2, 0.25) is 0 Å². The number of benzene rings is 2. The summed E-state index contributed by atoms with van der Waals surface area (Å²) in [6, 6.07) is 10.3. The average molecular weight is 471 g/mol. The molecule has 4 aliphatic rings. The molecule has 174 valence electrons. The first-order chi connectivity index (χ1) is 15.8. The van der Waals surface area contributed by atoms with Crippen molar-refractivity contribution in [2.75, 3.05) is 17.3 Å². The highest BCUT2D eigenvalue weighted by Crippen LogP contribution is 2.52. The second kappa shape index (κ2) is 8.33. The number of rotatable bonds is 7. The fourth-order valence-electron chi connectivity index (χ4n) is 5.83. The van der Waals surface area contributed by atoms with E-state index in [-0.39, 0.29) is 22.0 Å². The lowest BCUT2D eigenvalue weighted by atomic mass is 9.55. The molecule has 0 atom stereocenters. The maximum atomic E-state index is 12.9. The molecule has 0 aromatic heterocycles. The zero-order valence-corrected chi connectivity index (χ0v) is 19.0. The molecule has 4 saturated carbocycles. The van der Waals surface area contributed by atoms with Crippen molar-refractivity contribution < 1.29 is 18.1 Å². The van der Waals surface area contributed by atoms with Gasteiger partial charge in [-0.2, -0.15) is 5.10 Å². The molecular weight excluding hydrogens is 444 g/mol. The zero-order valence-electron chi connectivity index (χ0n) is 18.2. The van der Waals surface area contributed by atoms with Gasteiger partial charge in [0.05, 0.1) is 22.6 Å². The standard InChI is InChI=1S/C23H26N4O5S/c1-32-22-5-3-2-4-20(22)26-33(30,31)18-6-7-19(21(13-18)27(28)29)24-25-23-16-9-14-8-15(11-16)12-17(23)10-14/h2-7,13-17,24,26H,8-12H2,1H3. The molecule has 4 aliphatic carbocycles. The Bertz CT molecular complexity index is 1200. The lowest BCUT2D eigenvalue weighted by Gasteiger charge is -2.50. The third-order valence-corrected chi connectivity index (χ3v) is 8.47. The Morgan fingerprint density at radius 1 is 1.00 bits per heavy atom. The van der Waals surface area contributed by atoms with Crippen LogP contribution in [0.3, 0.4) is 0 Å². The molecule has 4 bridgehead atoms. The van der Waals surface area contributed by atoms with Gasteiger partial charge in [0.2, 0.25) is 0 Å². The van der Waals surface area contributed by atoms with E-state index in [1.807, 2.05) is 0 Å². The van der Waals surface area contributed by atoms with Gasteiger partial charge in [0.25, 0.3) is 15.7 Å². The predicted octanol–water partition coefficient (Wildman–Crippen LogP) is 4.63. The molecule has 0 unspecified atom stereocenters. The summed E-state index contributed by atoms with van der Waals surface area (Å²) >= 11 is 0. The van der Waals surface area contributed by atoms with Crippen molar-refractivity contribution in [3.8, 4) is 5.75 Å². The number of anilines is 2. The summed E-state index contributed by atoms with van der Waals surface area (Å²) in [6.45, 7) is 0. The van der Waals surface area contributed by atoms with E-state index in [0.717, 1.165) is 49.3 Å². The molecule has 0 amide bonds. The minimum Gasteiger partial charge on any atom is -0.495 e. The van der Waals surface area contributed by atoms with Crippen LogP contribution in [-0.4, -0.2) is 26.2 Å². The summed E-state index contributed by atoms with van der Waals surface area (Å²) in [7, 11) is -2.63. The van der Waals surface area contributed by atoms with Crippen LogP contribution in [0.4, 0.5) is 17.1 Å². The Kier molecular flexibility index (Phi) is 5.48.